The van der Waals surface area contributed by atoms with Gasteiger partial charge in [0.05, 0.1) is 12.2 Å². The van der Waals surface area contributed by atoms with E-state index in [1.165, 1.54) is 17.0 Å². The Hall–Kier alpha value is -2.87. The lowest BCUT2D eigenvalue weighted by Gasteiger charge is -2.34. The van der Waals surface area contributed by atoms with Crippen LogP contribution in [0.2, 0.25) is 0 Å². The second kappa shape index (κ2) is 8.65. The molecule has 2 amide bonds. The van der Waals surface area contributed by atoms with E-state index in [2.05, 4.69) is 5.32 Å². The minimum atomic E-state index is -4.45. The van der Waals surface area contributed by atoms with E-state index in [-0.39, 0.29) is 32.2 Å². The largest absolute Gasteiger partial charge is 0.416 e. The first-order chi connectivity index (χ1) is 13.7. The van der Waals surface area contributed by atoms with Gasteiger partial charge in [-0.15, -0.1) is 0 Å². The third-order valence-corrected chi connectivity index (χ3v) is 4.70. The van der Waals surface area contributed by atoms with E-state index in [9.17, 15) is 22.8 Å². The van der Waals surface area contributed by atoms with Gasteiger partial charge in [-0.1, -0.05) is 42.0 Å². The van der Waals surface area contributed by atoms with E-state index < -0.39 is 23.7 Å². The average molecular weight is 406 g/mol. The molecule has 0 bridgehead atoms. The first-order valence-corrected chi connectivity index (χ1v) is 9.10. The Morgan fingerprint density at radius 2 is 1.90 bits per heavy atom. The van der Waals surface area contributed by atoms with E-state index in [0.29, 0.717) is 5.56 Å². The van der Waals surface area contributed by atoms with Crippen LogP contribution < -0.4 is 5.32 Å². The van der Waals surface area contributed by atoms with Gasteiger partial charge in [0.25, 0.3) is 0 Å². The number of nitrogens with one attached hydrogen (secondary N) is 1. The Kier molecular flexibility index (Phi) is 6.22. The minimum absolute atomic E-state index is 0.0338. The summed E-state index contributed by atoms with van der Waals surface area (Å²) in [5.74, 6) is -0.779. The maximum Gasteiger partial charge on any atom is 0.416 e. The molecular formula is C21H21F3N2O3. The molecule has 5 nitrogen and oxygen atoms in total. The monoisotopic (exact) mass is 406 g/mol. The fraction of sp³-hybridized carbons (Fsp3) is 0.333. The molecule has 0 radical (unpaired) electrons. The molecule has 1 atom stereocenters. The summed E-state index contributed by atoms with van der Waals surface area (Å²) in [6.07, 6.45) is -4.45. The van der Waals surface area contributed by atoms with Gasteiger partial charge in [0, 0.05) is 13.1 Å². The molecule has 29 heavy (non-hydrogen) atoms. The Morgan fingerprint density at radius 3 is 2.59 bits per heavy atom. The van der Waals surface area contributed by atoms with Crippen molar-refractivity contribution in [1.29, 1.82) is 0 Å². The minimum Gasteiger partial charge on any atom is -0.369 e. The number of alkyl halides is 3. The van der Waals surface area contributed by atoms with Crippen molar-refractivity contribution in [3.05, 3.63) is 70.8 Å². The maximum absolute atomic E-state index is 12.8. The van der Waals surface area contributed by atoms with Crippen molar-refractivity contribution < 1.29 is 27.5 Å². The first-order valence-electron chi connectivity index (χ1n) is 9.10. The predicted octanol–water partition coefficient (Wildman–Crippen LogP) is 3.06. The molecule has 2 aromatic rings. The van der Waals surface area contributed by atoms with Crippen LogP contribution in [0.4, 0.5) is 13.2 Å². The van der Waals surface area contributed by atoms with Crippen molar-refractivity contribution in [2.24, 2.45) is 0 Å². The lowest BCUT2D eigenvalue weighted by atomic mass is 10.1. The number of amides is 2. The Bertz CT molecular complexity index is 881. The van der Waals surface area contributed by atoms with Gasteiger partial charge in [0.2, 0.25) is 11.8 Å². The molecule has 0 aliphatic carbocycles. The summed E-state index contributed by atoms with van der Waals surface area (Å²) in [6, 6.07) is 11.5. The molecule has 1 heterocycles. The van der Waals surface area contributed by atoms with E-state index in [1.54, 1.807) is 0 Å². The van der Waals surface area contributed by atoms with Crippen LogP contribution in [-0.4, -0.2) is 36.0 Å². The second-order valence-electron chi connectivity index (χ2n) is 6.95. The molecule has 2 aromatic carbocycles. The number of ether oxygens (including phenoxy) is 1. The molecule has 1 aliphatic rings. The molecule has 8 heteroatoms. The summed E-state index contributed by atoms with van der Waals surface area (Å²) in [5, 5.41) is 2.61. The van der Waals surface area contributed by atoms with Gasteiger partial charge in [-0.05, 0) is 30.2 Å². The Morgan fingerprint density at radius 1 is 1.17 bits per heavy atom. The normalized spacial score (nSPS) is 17.3. The number of carbonyl (C=O) groups is 2. The lowest BCUT2D eigenvalue weighted by molar-refractivity contribution is -0.155. The molecule has 1 saturated heterocycles. The number of carbonyl (C=O) groups excluding carboxylic acids is 2. The molecule has 1 fully saturated rings. The summed E-state index contributed by atoms with van der Waals surface area (Å²) in [6.45, 7) is 2.05. The quantitative estimate of drug-likeness (QED) is 0.831. The van der Waals surface area contributed by atoms with Crippen molar-refractivity contribution >= 4 is 11.8 Å². The zero-order valence-electron chi connectivity index (χ0n) is 15.8. The first kappa shape index (κ1) is 20.9. The van der Waals surface area contributed by atoms with Crippen molar-refractivity contribution in [2.45, 2.75) is 32.2 Å². The number of nitrogens with zero attached hydrogens (tertiary/aromatic N) is 1. The van der Waals surface area contributed by atoms with Gasteiger partial charge in [0.1, 0.15) is 12.6 Å². The summed E-state index contributed by atoms with van der Waals surface area (Å²) in [7, 11) is 0. The standard InChI is InChI=1S/C21H21F3N2O3/c1-14-5-7-15(8-6-14)11-26-18(12-29-13-19(26)27)20(28)25-10-16-3-2-4-17(9-16)21(22,23)24/h2-9,18H,10-13H2,1H3,(H,25,28)/t18-/m0/s1. The van der Waals surface area contributed by atoms with Crippen molar-refractivity contribution in [3.8, 4) is 0 Å². The molecule has 0 unspecified atom stereocenters. The molecule has 3 rings (SSSR count). The number of halogens is 3. The van der Waals surface area contributed by atoms with Crippen LogP contribution in [-0.2, 0) is 33.6 Å². The Labute approximate surface area is 166 Å². The van der Waals surface area contributed by atoms with E-state index in [4.69, 9.17) is 4.74 Å². The fourth-order valence-corrected chi connectivity index (χ4v) is 3.07. The van der Waals surface area contributed by atoms with Crippen LogP contribution in [0, 0.1) is 6.92 Å². The smallest absolute Gasteiger partial charge is 0.369 e. The van der Waals surface area contributed by atoms with Gasteiger partial charge in [-0.3, -0.25) is 9.59 Å². The van der Waals surface area contributed by atoms with Crippen molar-refractivity contribution in [1.82, 2.24) is 10.2 Å². The molecule has 0 aromatic heterocycles. The predicted molar refractivity (Wildman–Crippen MR) is 99.6 cm³/mol. The zero-order chi connectivity index (χ0) is 21.0. The van der Waals surface area contributed by atoms with Gasteiger partial charge >= 0.3 is 6.18 Å². The Balaban J connectivity index is 1.67. The summed E-state index contributed by atoms with van der Waals surface area (Å²) < 4.78 is 43.7. The highest BCUT2D eigenvalue weighted by atomic mass is 19.4. The molecule has 1 N–H and O–H groups in total. The molecule has 1 aliphatic heterocycles. The van der Waals surface area contributed by atoms with Gasteiger partial charge < -0.3 is 15.0 Å². The number of hydrogen-bond acceptors (Lipinski definition) is 3. The van der Waals surface area contributed by atoms with Crippen LogP contribution in [0.15, 0.2) is 48.5 Å². The highest BCUT2D eigenvalue weighted by molar-refractivity contribution is 5.89. The second-order valence-corrected chi connectivity index (χ2v) is 6.95. The van der Waals surface area contributed by atoms with Crippen molar-refractivity contribution in [3.63, 3.8) is 0 Å². The number of aryl methyl sites for hydroxylation is 1. The average Bonchev–Trinajstić information content (AvgIpc) is 2.69. The summed E-state index contributed by atoms with van der Waals surface area (Å²) in [5.41, 5.74) is 1.50. The lowest BCUT2D eigenvalue weighted by Crippen LogP contribution is -2.55. The molecule has 154 valence electrons. The van der Waals surface area contributed by atoms with Crippen LogP contribution in [0.5, 0.6) is 0 Å². The number of rotatable bonds is 5. The summed E-state index contributed by atoms with van der Waals surface area (Å²) in [4.78, 5) is 26.4. The van der Waals surface area contributed by atoms with Crippen LogP contribution in [0.25, 0.3) is 0 Å². The molecular weight excluding hydrogens is 385 g/mol. The highest BCUT2D eigenvalue weighted by Crippen LogP contribution is 2.29. The van der Waals surface area contributed by atoms with Gasteiger partial charge in [-0.2, -0.15) is 13.2 Å². The topological polar surface area (TPSA) is 58.6 Å². The SMILES string of the molecule is Cc1ccc(CN2C(=O)COC[C@H]2C(=O)NCc2cccc(C(F)(F)F)c2)cc1. The highest BCUT2D eigenvalue weighted by Gasteiger charge is 2.34. The summed E-state index contributed by atoms with van der Waals surface area (Å²) >= 11 is 0. The molecule has 0 spiro atoms. The van der Waals surface area contributed by atoms with E-state index in [0.717, 1.165) is 23.3 Å². The van der Waals surface area contributed by atoms with E-state index in [1.807, 2.05) is 31.2 Å². The maximum atomic E-state index is 12.8. The van der Waals surface area contributed by atoms with Crippen LogP contribution in [0.1, 0.15) is 22.3 Å². The van der Waals surface area contributed by atoms with Gasteiger partial charge in [-0.25, -0.2) is 0 Å². The zero-order valence-corrected chi connectivity index (χ0v) is 15.8. The van der Waals surface area contributed by atoms with E-state index >= 15 is 0 Å². The third-order valence-electron chi connectivity index (χ3n) is 4.70. The van der Waals surface area contributed by atoms with Crippen LogP contribution >= 0.6 is 0 Å². The number of hydrogen-bond donors (Lipinski definition) is 1. The number of morpholine rings is 1. The van der Waals surface area contributed by atoms with Crippen LogP contribution in [0.3, 0.4) is 0 Å². The van der Waals surface area contributed by atoms with Crippen molar-refractivity contribution in [2.75, 3.05) is 13.2 Å². The fourth-order valence-electron chi connectivity index (χ4n) is 3.07. The third kappa shape index (κ3) is 5.35. The van der Waals surface area contributed by atoms with Gasteiger partial charge in [0.15, 0.2) is 0 Å². The molecule has 0 saturated carbocycles. The number of benzene rings is 2.